The van der Waals surface area contributed by atoms with Crippen molar-refractivity contribution in [3.05, 3.63) is 52.9 Å². The van der Waals surface area contributed by atoms with Gasteiger partial charge in [-0.1, -0.05) is 15.9 Å². The topological polar surface area (TPSA) is 63.8 Å². The van der Waals surface area contributed by atoms with Crippen molar-refractivity contribution in [2.75, 3.05) is 0 Å². The van der Waals surface area contributed by atoms with Gasteiger partial charge in [0.25, 0.3) is 5.91 Å². The second kappa shape index (κ2) is 6.91. The number of hydrazone groups is 1. The lowest BCUT2D eigenvalue weighted by atomic mass is 10.3. The van der Waals surface area contributed by atoms with Crippen LogP contribution in [0, 0.1) is 0 Å². The van der Waals surface area contributed by atoms with Crippen molar-refractivity contribution < 1.29 is 13.9 Å². The first-order valence-electron chi connectivity index (χ1n) is 5.94. The summed E-state index contributed by atoms with van der Waals surface area (Å²) in [5.74, 6) is 0.841. The van der Waals surface area contributed by atoms with Crippen LogP contribution in [0.25, 0.3) is 0 Å². The largest absolute Gasteiger partial charge is 0.481 e. The summed E-state index contributed by atoms with van der Waals surface area (Å²) in [5.41, 5.74) is 2.39. The Morgan fingerprint density at radius 2 is 2.15 bits per heavy atom. The summed E-state index contributed by atoms with van der Waals surface area (Å²) in [4.78, 5) is 11.8. The predicted molar refractivity (Wildman–Crippen MR) is 78.7 cm³/mol. The number of amides is 1. The van der Waals surface area contributed by atoms with Crippen molar-refractivity contribution in [2.45, 2.75) is 13.0 Å². The number of nitrogens with one attached hydrogen (secondary N) is 1. The molecule has 0 radical (unpaired) electrons. The van der Waals surface area contributed by atoms with Crippen LogP contribution >= 0.6 is 15.9 Å². The highest BCUT2D eigenvalue weighted by Gasteiger charge is 2.13. The van der Waals surface area contributed by atoms with Crippen molar-refractivity contribution in [1.29, 1.82) is 0 Å². The van der Waals surface area contributed by atoms with Gasteiger partial charge in [-0.25, -0.2) is 5.43 Å². The molecule has 0 unspecified atom stereocenters. The monoisotopic (exact) mass is 336 g/mol. The molecule has 0 spiro atoms. The molecule has 0 saturated heterocycles. The van der Waals surface area contributed by atoms with Crippen LogP contribution in [0.3, 0.4) is 0 Å². The third kappa shape index (κ3) is 4.24. The molecule has 1 atom stereocenters. The third-order valence-electron chi connectivity index (χ3n) is 2.41. The molecule has 1 aromatic carbocycles. The molecule has 1 aromatic heterocycles. The van der Waals surface area contributed by atoms with Crippen molar-refractivity contribution in [1.82, 2.24) is 5.43 Å². The first-order chi connectivity index (χ1) is 9.65. The highest BCUT2D eigenvalue weighted by molar-refractivity contribution is 9.10. The molecule has 0 aliphatic carbocycles. The number of rotatable bonds is 5. The number of carbonyl (C=O) groups is 1. The molecule has 2 rings (SSSR count). The van der Waals surface area contributed by atoms with E-state index in [0.29, 0.717) is 11.5 Å². The van der Waals surface area contributed by atoms with Gasteiger partial charge in [0.05, 0.1) is 12.5 Å². The molecule has 20 heavy (non-hydrogen) atoms. The molecule has 1 heterocycles. The molecule has 104 valence electrons. The van der Waals surface area contributed by atoms with Crippen LogP contribution in [0.2, 0.25) is 0 Å². The Morgan fingerprint density at radius 3 is 2.80 bits per heavy atom. The Labute approximate surface area is 124 Å². The zero-order valence-corrected chi connectivity index (χ0v) is 12.3. The molecule has 2 aromatic rings. The van der Waals surface area contributed by atoms with Gasteiger partial charge >= 0.3 is 0 Å². The van der Waals surface area contributed by atoms with E-state index >= 15 is 0 Å². The fraction of sp³-hybridized carbons (Fsp3) is 0.143. The number of nitrogens with zero attached hydrogens (tertiary/aromatic N) is 1. The average molecular weight is 337 g/mol. The van der Waals surface area contributed by atoms with Gasteiger partial charge in [0.1, 0.15) is 11.5 Å². The van der Waals surface area contributed by atoms with Gasteiger partial charge in [-0.05, 0) is 43.3 Å². The van der Waals surface area contributed by atoms with E-state index < -0.39 is 6.10 Å². The lowest BCUT2D eigenvalue weighted by molar-refractivity contribution is -0.127. The number of carbonyl (C=O) groups excluding carboxylic acids is 1. The fourth-order valence-electron chi connectivity index (χ4n) is 1.39. The highest BCUT2D eigenvalue weighted by atomic mass is 79.9. The Morgan fingerprint density at radius 1 is 1.40 bits per heavy atom. The highest BCUT2D eigenvalue weighted by Crippen LogP contribution is 2.17. The second-order valence-corrected chi connectivity index (χ2v) is 4.88. The quantitative estimate of drug-likeness (QED) is 0.674. The van der Waals surface area contributed by atoms with Gasteiger partial charge in [0.15, 0.2) is 6.10 Å². The summed E-state index contributed by atoms with van der Waals surface area (Å²) in [6.45, 7) is 1.65. The minimum Gasteiger partial charge on any atom is -0.481 e. The van der Waals surface area contributed by atoms with Crippen LogP contribution in [-0.4, -0.2) is 18.2 Å². The number of ether oxygens (including phenoxy) is 1. The number of hydrogen-bond donors (Lipinski definition) is 1. The van der Waals surface area contributed by atoms with Crippen molar-refractivity contribution in [3.8, 4) is 5.75 Å². The van der Waals surface area contributed by atoms with Crippen LogP contribution in [0.4, 0.5) is 0 Å². The predicted octanol–water partition coefficient (Wildman–Crippen LogP) is 2.96. The Hall–Kier alpha value is -2.08. The maximum atomic E-state index is 11.8. The van der Waals surface area contributed by atoms with E-state index in [9.17, 15) is 4.79 Å². The summed E-state index contributed by atoms with van der Waals surface area (Å²) in [5, 5.41) is 3.78. The van der Waals surface area contributed by atoms with Gasteiger partial charge in [-0.2, -0.15) is 5.10 Å². The van der Waals surface area contributed by atoms with Crippen LogP contribution in [-0.2, 0) is 4.79 Å². The summed E-state index contributed by atoms with van der Waals surface area (Å²) in [6.07, 6.45) is 2.30. The molecule has 0 aliphatic rings. The normalized spacial score (nSPS) is 12.3. The summed E-state index contributed by atoms with van der Waals surface area (Å²) in [6, 6.07) is 10.7. The zero-order chi connectivity index (χ0) is 14.4. The summed E-state index contributed by atoms with van der Waals surface area (Å²) >= 11 is 3.33. The molecular weight excluding hydrogens is 324 g/mol. The lowest BCUT2D eigenvalue weighted by Crippen LogP contribution is -2.33. The molecule has 5 nitrogen and oxygen atoms in total. The van der Waals surface area contributed by atoms with E-state index in [2.05, 4.69) is 26.5 Å². The molecule has 6 heteroatoms. The number of halogens is 1. The van der Waals surface area contributed by atoms with E-state index in [-0.39, 0.29) is 5.91 Å². The van der Waals surface area contributed by atoms with Crippen LogP contribution < -0.4 is 10.2 Å². The minimum atomic E-state index is -0.648. The third-order valence-corrected chi connectivity index (χ3v) is 2.93. The van der Waals surface area contributed by atoms with Gasteiger partial charge in [-0.3, -0.25) is 4.79 Å². The lowest BCUT2D eigenvalue weighted by Gasteiger charge is -2.12. The van der Waals surface area contributed by atoms with E-state index in [0.717, 1.165) is 4.47 Å². The van der Waals surface area contributed by atoms with Gasteiger partial charge < -0.3 is 9.15 Å². The van der Waals surface area contributed by atoms with E-state index in [1.807, 2.05) is 12.1 Å². The molecule has 1 amide bonds. The summed E-state index contributed by atoms with van der Waals surface area (Å²) < 4.78 is 11.5. The molecule has 0 fully saturated rings. The Kier molecular flexibility index (Phi) is 4.95. The van der Waals surface area contributed by atoms with Crippen LogP contribution in [0.15, 0.2) is 56.7 Å². The minimum absolute atomic E-state index is 0.337. The number of furan rings is 1. The Bertz CT molecular complexity index is 579. The van der Waals surface area contributed by atoms with Crippen molar-refractivity contribution >= 4 is 28.1 Å². The Balaban J connectivity index is 1.84. The fourth-order valence-corrected chi connectivity index (χ4v) is 1.65. The van der Waals surface area contributed by atoms with E-state index in [1.165, 1.54) is 12.5 Å². The maximum absolute atomic E-state index is 11.8. The van der Waals surface area contributed by atoms with Gasteiger partial charge in [0.2, 0.25) is 0 Å². The summed E-state index contributed by atoms with van der Waals surface area (Å²) in [7, 11) is 0. The molecule has 0 bridgehead atoms. The average Bonchev–Trinajstić information content (AvgIpc) is 2.94. The smallest absolute Gasteiger partial charge is 0.280 e. The molecule has 1 N–H and O–H groups in total. The van der Waals surface area contributed by atoms with E-state index in [4.69, 9.17) is 9.15 Å². The van der Waals surface area contributed by atoms with Gasteiger partial charge in [0, 0.05) is 4.47 Å². The standard InChI is InChI=1S/C14H13BrN2O3/c1-10(20-12-6-4-11(15)5-7-12)14(18)17-16-9-13-3-2-8-19-13/h2-10H,1H3,(H,17,18)/b16-9-/t10-/m1/s1. The van der Waals surface area contributed by atoms with Gasteiger partial charge in [-0.15, -0.1) is 0 Å². The molecule has 0 saturated carbocycles. The van der Waals surface area contributed by atoms with Crippen molar-refractivity contribution in [3.63, 3.8) is 0 Å². The van der Waals surface area contributed by atoms with Crippen LogP contribution in [0.1, 0.15) is 12.7 Å². The number of benzene rings is 1. The first-order valence-corrected chi connectivity index (χ1v) is 6.73. The number of hydrogen-bond acceptors (Lipinski definition) is 4. The molecular formula is C14H13BrN2O3. The zero-order valence-electron chi connectivity index (χ0n) is 10.7. The molecule has 0 aliphatic heterocycles. The first kappa shape index (κ1) is 14.3. The van der Waals surface area contributed by atoms with Crippen molar-refractivity contribution in [2.24, 2.45) is 5.10 Å². The van der Waals surface area contributed by atoms with Crippen LogP contribution in [0.5, 0.6) is 5.75 Å². The maximum Gasteiger partial charge on any atom is 0.280 e. The SMILES string of the molecule is C[C@@H](Oc1ccc(Br)cc1)C(=O)N/N=C\c1ccco1. The van der Waals surface area contributed by atoms with E-state index in [1.54, 1.807) is 31.2 Å². The second-order valence-electron chi connectivity index (χ2n) is 3.96.